The quantitative estimate of drug-likeness (QED) is 0.423. The summed E-state index contributed by atoms with van der Waals surface area (Å²) in [6.07, 6.45) is 1.56. The summed E-state index contributed by atoms with van der Waals surface area (Å²) < 4.78 is 0. The lowest BCUT2D eigenvalue weighted by atomic mass is 10.0. The van der Waals surface area contributed by atoms with Gasteiger partial charge in [-0.3, -0.25) is 14.4 Å². The molecule has 1 atom stereocenters. The average Bonchev–Trinajstić information content (AvgIpc) is 2.37. The van der Waals surface area contributed by atoms with Crippen molar-refractivity contribution < 1.29 is 34.2 Å². The number of carboxylic acid groups (broad SMARTS) is 2. The van der Waals surface area contributed by atoms with Gasteiger partial charge in [0.2, 0.25) is 0 Å². The summed E-state index contributed by atoms with van der Waals surface area (Å²) >= 11 is 0. The van der Waals surface area contributed by atoms with E-state index in [0.29, 0.717) is 12.8 Å². The van der Waals surface area contributed by atoms with Crippen molar-refractivity contribution in [1.82, 2.24) is 10.4 Å². The molecule has 0 radical (unpaired) electrons. The fourth-order valence-corrected chi connectivity index (χ4v) is 1.77. The van der Waals surface area contributed by atoms with Crippen molar-refractivity contribution in [3.05, 3.63) is 0 Å². The molecule has 1 rings (SSSR count). The summed E-state index contributed by atoms with van der Waals surface area (Å²) in [6.45, 7) is -0.621. The molecule has 0 unspecified atom stereocenters. The van der Waals surface area contributed by atoms with E-state index in [1.807, 2.05) is 0 Å². The van der Waals surface area contributed by atoms with Crippen LogP contribution in [0.3, 0.4) is 0 Å². The van der Waals surface area contributed by atoms with Crippen LogP contribution >= 0.6 is 0 Å². The molecule has 0 aromatic rings. The van der Waals surface area contributed by atoms with Gasteiger partial charge in [-0.15, -0.1) is 0 Å². The van der Waals surface area contributed by atoms with Crippen LogP contribution in [0.15, 0.2) is 0 Å². The van der Waals surface area contributed by atoms with Gasteiger partial charge in [-0.05, 0) is 19.3 Å². The van der Waals surface area contributed by atoms with Crippen LogP contribution in [-0.2, 0) is 24.0 Å². The van der Waals surface area contributed by atoms with Crippen molar-refractivity contribution in [2.24, 2.45) is 0 Å². The molecule has 0 aromatic heterocycles. The van der Waals surface area contributed by atoms with Crippen LogP contribution < -0.4 is 5.48 Å². The number of piperidine rings is 1. The van der Waals surface area contributed by atoms with Gasteiger partial charge in [-0.25, -0.2) is 15.1 Å². The highest BCUT2D eigenvalue weighted by Crippen LogP contribution is 2.17. The van der Waals surface area contributed by atoms with Gasteiger partial charge in [-0.1, -0.05) is 0 Å². The molecular formula is C10H14N2O7. The second kappa shape index (κ2) is 6.69. The molecule has 1 aliphatic rings. The summed E-state index contributed by atoms with van der Waals surface area (Å²) in [7, 11) is 0. The molecule has 0 aromatic carbocycles. The van der Waals surface area contributed by atoms with Gasteiger partial charge in [0.15, 0.2) is 6.61 Å². The van der Waals surface area contributed by atoms with E-state index in [0.717, 1.165) is 4.90 Å². The maximum Gasteiger partial charge on any atom is 0.333 e. The minimum Gasteiger partial charge on any atom is -0.480 e. The summed E-state index contributed by atoms with van der Waals surface area (Å²) in [5.41, 5.74) is 1.67. The Labute approximate surface area is 108 Å². The summed E-state index contributed by atoms with van der Waals surface area (Å²) in [5, 5.41) is 17.2. The number of carbonyl (C=O) groups excluding carboxylic acids is 2. The molecule has 9 heteroatoms. The minimum absolute atomic E-state index is 0.169. The molecule has 106 valence electrons. The Morgan fingerprint density at radius 3 is 2.47 bits per heavy atom. The monoisotopic (exact) mass is 274 g/mol. The number of likely N-dealkylation sites (tertiary alicyclic amines) is 1. The second-order valence-electron chi connectivity index (χ2n) is 3.96. The highest BCUT2D eigenvalue weighted by atomic mass is 16.7. The Kier molecular flexibility index (Phi) is 5.24. The molecule has 1 aliphatic heterocycles. The molecule has 0 bridgehead atoms. The molecule has 1 fully saturated rings. The zero-order chi connectivity index (χ0) is 14.4. The van der Waals surface area contributed by atoms with Crippen LogP contribution in [0.4, 0.5) is 0 Å². The smallest absolute Gasteiger partial charge is 0.333 e. The Balaban J connectivity index is 2.56. The van der Waals surface area contributed by atoms with Crippen LogP contribution in [0.25, 0.3) is 0 Å². The summed E-state index contributed by atoms with van der Waals surface area (Å²) in [4.78, 5) is 49.4. The summed E-state index contributed by atoms with van der Waals surface area (Å²) in [5.74, 6) is -4.71. The van der Waals surface area contributed by atoms with E-state index in [4.69, 9.17) is 10.2 Å². The number of carboxylic acids is 2. The first-order valence-electron chi connectivity index (χ1n) is 5.61. The predicted molar refractivity (Wildman–Crippen MR) is 58.7 cm³/mol. The minimum atomic E-state index is -1.31. The van der Waals surface area contributed by atoms with Gasteiger partial charge in [0.05, 0.1) is 0 Å². The van der Waals surface area contributed by atoms with E-state index in [9.17, 15) is 19.2 Å². The number of rotatable bonds is 4. The number of nitrogens with one attached hydrogen (secondary N) is 1. The van der Waals surface area contributed by atoms with Gasteiger partial charge in [0, 0.05) is 6.54 Å². The Morgan fingerprint density at radius 2 is 1.89 bits per heavy atom. The van der Waals surface area contributed by atoms with Crippen LogP contribution in [0.1, 0.15) is 19.3 Å². The molecule has 1 heterocycles. The maximum absolute atomic E-state index is 11.7. The van der Waals surface area contributed by atoms with Crippen molar-refractivity contribution in [3.63, 3.8) is 0 Å². The number of amides is 2. The largest absolute Gasteiger partial charge is 0.480 e. The number of carbonyl (C=O) groups is 4. The van der Waals surface area contributed by atoms with Crippen LogP contribution in [-0.4, -0.2) is 58.1 Å². The fraction of sp³-hybridized carbons (Fsp3) is 0.600. The average molecular weight is 274 g/mol. The third-order valence-corrected chi connectivity index (χ3v) is 2.60. The first-order valence-corrected chi connectivity index (χ1v) is 5.61. The lowest BCUT2D eigenvalue weighted by Gasteiger charge is -2.32. The zero-order valence-corrected chi connectivity index (χ0v) is 10.00. The Bertz CT molecular complexity index is 395. The Hall–Kier alpha value is -2.16. The number of hydrogen-bond acceptors (Lipinski definition) is 5. The van der Waals surface area contributed by atoms with E-state index in [-0.39, 0.29) is 13.0 Å². The number of nitrogens with zero attached hydrogens (tertiary/aromatic N) is 1. The van der Waals surface area contributed by atoms with Gasteiger partial charge in [0.25, 0.3) is 0 Å². The van der Waals surface area contributed by atoms with Crippen LogP contribution in [0.2, 0.25) is 0 Å². The van der Waals surface area contributed by atoms with E-state index < -0.39 is 36.4 Å². The number of hydrogen-bond donors (Lipinski definition) is 3. The zero-order valence-electron chi connectivity index (χ0n) is 10.00. The molecule has 3 N–H and O–H groups in total. The van der Waals surface area contributed by atoms with Crippen molar-refractivity contribution in [1.29, 1.82) is 0 Å². The summed E-state index contributed by atoms with van der Waals surface area (Å²) in [6, 6.07) is -1.04. The lowest BCUT2D eigenvalue weighted by Crippen LogP contribution is -2.52. The third-order valence-electron chi connectivity index (χ3n) is 2.60. The van der Waals surface area contributed by atoms with Gasteiger partial charge in [0.1, 0.15) is 6.04 Å². The van der Waals surface area contributed by atoms with Gasteiger partial charge >= 0.3 is 23.8 Å². The highest BCUT2D eigenvalue weighted by molar-refractivity contribution is 6.35. The molecule has 0 saturated carbocycles. The lowest BCUT2D eigenvalue weighted by molar-refractivity contribution is -0.161. The standard InChI is InChI=1S/C10H14N2O7/c13-7(14)5-19-11-8(15)9(16)12-4-2-1-3-6(12)10(17)18/h6H,1-5H2,(H,11,15)(H,13,14)(H,17,18)/t6-/m1/s1. The Morgan fingerprint density at radius 1 is 1.21 bits per heavy atom. The van der Waals surface area contributed by atoms with Crippen molar-refractivity contribution in [2.75, 3.05) is 13.2 Å². The van der Waals surface area contributed by atoms with E-state index >= 15 is 0 Å². The first kappa shape index (κ1) is 14.9. The molecule has 19 heavy (non-hydrogen) atoms. The first-order chi connectivity index (χ1) is 8.93. The second-order valence-corrected chi connectivity index (χ2v) is 3.96. The van der Waals surface area contributed by atoms with Gasteiger partial charge in [-0.2, -0.15) is 0 Å². The van der Waals surface area contributed by atoms with E-state index in [1.54, 1.807) is 5.48 Å². The normalized spacial score (nSPS) is 18.7. The molecule has 9 nitrogen and oxygen atoms in total. The molecule has 1 saturated heterocycles. The van der Waals surface area contributed by atoms with Crippen molar-refractivity contribution >= 4 is 23.8 Å². The van der Waals surface area contributed by atoms with Gasteiger partial charge < -0.3 is 15.1 Å². The number of aliphatic carboxylic acids is 2. The van der Waals surface area contributed by atoms with E-state index in [2.05, 4.69) is 4.84 Å². The maximum atomic E-state index is 11.7. The van der Waals surface area contributed by atoms with E-state index in [1.165, 1.54) is 0 Å². The molecule has 0 aliphatic carbocycles. The van der Waals surface area contributed by atoms with Crippen molar-refractivity contribution in [3.8, 4) is 0 Å². The topological polar surface area (TPSA) is 133 Å². The molecular weight excluding hydrogens is 260 g/mol. The fourth-order valence-electron chi connectivity index (χ4n) is 1.77. The predicted octanol–water partition coefficient (Wildman–Crippen LogP) is -1.42. The highest BCUT2D eigenvalue weighted by Gasteiger charge is 2.35. The molecule has 0 spiro atoms. The van der Waals surface area contributed by atoms with Crippen LogP contribution in [0.5, 0.6) is 0 Å². The number of hydroxylamine groups is 1. The van der Waals surface area contributed by atoms with Crippen molar-refractivity contribution in [2.45, 2.75) is 25.3 Å². The van der Waals surface area contributed by atoms with Crippen LogP contribution in [0, 0.1) is 0 Å². The SMILES string of the molecule is O=C(O)CONC(=O)C(=O)N1CCCC[C@@H]1C(=O)O. The third kappa shape index (κ3) is 4.21. The molecule has 2 amide bonds.